The van der Waals surface area contributed by atoms with Crippen LogP contribution in [0.2, 0.25) is 0 Å². The smallest absolute Gasteiger partial charge is 0.263 e. The molecule has 2 fully saturated rings. The Morgan fingerprint density at radius 1 is 1.32 bits per heavy atom. The van der Waals surface area contributed by atoms with Crippen molar-refractivity contribution in [3.05, 3.63) is 43.3 Å². The van der Waals surface area contributed by atoms with Crippen molar-refractivity contribution in [1.82, 2.24) is 20.7 Å². The van der Waals surface area contributed by atoms with Crippen LogP contribution in [-0.4, -0.2) is 66.7 Å². The number of hydrogen-bond acceptors (Lipinski definition) is 9. The lowest BCUT2D eigenvalue weighted by atomic mass is 9.71. The Labute approximate surface area is 230 Å². The van der Waals surface area contributed by atoms with Crippen LogP contribution < -0.4 is 22.4 Å². The fourth-order valence-corrected chi connectivity index (χ4v) is 8.58. The van der Waals surface area contributed by atoms with E-state index in [0.29, 0.717) is 35.5 Å². The Kier molecular flexibility index (Phi) is 7.21. The summed E-state index contributed by atoms with van der Waals surface area (Å²) in [6, 6.07) is 6.19. The number of fused-ring (bicyclic) bond motifs is 3. The summed E-state index contributed by atoms with van der Waals surface area (Å²) in [5.74, 6) is 6.73. The molecule has 1 saturated carbocycles. The van der Waals surface area contributed by atoms with Crippen LogP contribution in [0.25, 0.3) is 0 Å². The maximum atomic E-state index is 13.1. The fourth-order valence-electron chi connectivity index (χ4n) is 6.36. The first-order valence-corrected chi connectivity index (χ1v) is 14.6. The van der Waals surface area contributed by atoms with Crippen molar-refractivity contribution in [2.75, 3.05) is 27.2 Å². The number of aryl methyl sites for hydroxylation is 2. The number of carbonyl (C=O) groups is 2. The molecule has 0 radical (unpaired) electrons. The summed E-state index contributed by atoms with van der Waals surface area (Å²) >= 11 is 3.19. The molecule has 10 nitrogen and oxygen atoms in total. The second-order valence-corrected chi connectivity index (χ2v) is 12.7. The average molecular weight is 555 g/mol. The zero-order valence-electron chi connectivity index (χ0n) is 21.9. The molecule has 3 heterocycles. The Morgan fingerprint density at radius 3 is 2.79 bits per heavy atom. The number of likely N-dealkylation sites (tertiary alicyclic amines) is 1. The number of nitriles is 1. The molecular formula is C26H34N8O2S2. The first-order valence-electron chi connectivity index (χ1n) is 12.9. The van der Waals surface area contributed by atoms with E-state index in [2.05, 4.69) is 40.4 Å². The average Bonchev–Trinajstić information content (AvgIpc) is 3.35. The second-order valence-electron chi connectivity index (χ2n) is 10.6. The number of nitrogens with one attached hydrogen (secondary N) is 2. The van der Waals surface area contributed by atoms with Crippen molar-refractivity contribution in [2.45, 2.75) is 50.1 Å². The highest BCUT2D eigenvalue weighted by molar-refractivity contribution is 7.14. The molecule has 1 aliphatic heterocycles. The largest absolute Gasteiger partial charge is 0.385 e. The van der Waals surface area contributed by atoms with Crippen LogP contribution in [0.15, 0.2) is 22.6 Å². The highest BCUT2D eigenvalue weighted by atomic mass is 32.1. The molecule has 4 unspecified atom stereocenters. The summed E-state index contributed by atoms with van der Waals surface area (Å²) in [4.78, 5) is 32.3. The number of carbonyl (C=O) groups excluding carboxylic acids is 2. The van der Waals surface area contributed by atoms with Crippen LogP contribution in [0, 0.1) is 23.2 Å². The standard InChI is InChI=1S/C26H34N8O2S2/c1-14-16-10-15(12-27)34(23(14)16)22(35)13-30-8-7-26(25(28)31-32-29)17-6-9-37-19(17)4-5-20-18(26)11-21(38-20)24(36)33(2)3/h6,9,11,14-16,23,30,32H,4-5,7-8,10,13,29H2,1-3H3,(H2,28,31)/t14-,15?,16?,23?,26?/m0/s1. The molecule has 38 heavy (non-hydrogen) atoms. The van der Waals surface area contributed by atoms with E-state index in [0.717, 1.165) is 35.3 Å². The Hall–Kier alpha value is -2.98. The van der Waals surface area contributed by atoms with Gasteiger partial charge in [-0.3, -0.25) is 9.59 Å². The Bertz CT molecular complexity index is 1310. The van der Waals surface area contributed by atoms with Crippen LogP contribution in [0.3, 0.4) is 0 Å². The van der Waals surface area contributed by atoms with Gasteiger partial charge in [0.25, 0.3) is 5.91 Å². The fraction of sp³-hybridized carbons (Fsp3) is 0.538. The summed E-state index contributed by atoms with van der Waals surface area (Å²) < 4.78 is 0. The molecule has 0 aromatic carbocycles. The minimum atomic E-state index is -0.816. The van der Waals surface area contributed by atoms with Gasteiger partial charge >= 0.3 is 0 Å². The van der Waals surface area contributed by atoms with E-state index in [4.69, 9.17) is 11.6 Å². The highest BCUT2D eigenvalue weighted by Crippen LogP contribution is 2.53. The highest BCUT2D eigenvalue weighted by Gasteiger charge is 2.60. The van der Waals surface area contributed by atoms with Crippen LogP contribution in [-0.2, 0) is 23.1 Å². The zero-order chi connectivity index (χ0) is 27.2. The molecule has 0 bridgehead atoms. The monoisotopic (exact) mass is 554 g/mol. The molecule has 5 atom stereocenters. The van der Waals surface area contributed by atoms with Gasteiger partial charge in [-0.15, -0.1) is 22.7 Å². The number of amides is 2. The van der Waals surface area contributed by atoms with Crippen molar-refractivity contribution in [1.29, 1.82) is 5.26 Å². The van der Waals surface area contributed by atoms with Gasteiger partial charge in [-0.1, -0.05) is 6.92 Å². The van der Waals surface area contributed by atoms with Gasteiger partial charge in [-0.05, 0) is 72.7 Å². The van der Waals surface area contributed by atoms with Crippen LogP contribution in [0.4, 0.5) is 0 Å². The third-order valence-electron chi connectivity index (χ3n) is 8.35. The van der Waals surface area contributed by atoms with Gasteiger partial charge < -0.3 is 20.9 Å². The van der Waals surface area contributed by atoms with Gasteiger partial charge in [-0.25, -0.2) is 11.4 Å². The number of thiophene rings is 2. The molecule has 0 spiro atoms. The van der Waals surface area contributed by atoms with Crippen molar-refractivity contribution in [3.8, 4) is 6.07 Å². The molecule has 6 N–H and O–H groups in total. The predicted octanol–water partition coefficient (Wildman–Crippen LogP) is 1.37. The minimum absolute atomic E-state index is 0.0418. The van der Waals surface area contributed by atoms with Gasteiger partial charge in [0.1, 0.15) is 11.9 Å². The number of amidine groups is 1. The number of nitrogens with two attached hydrogens (primary N) is 2. The summed E-state index contributed by atoms with van der Waals surface area (Å²) in [6.07, 6.45) is 2.94. The number of rotatable bonds is 8. The molecule has 3 aliphatic rings. The second kappa shape index (κ2) is 10.3. The number of hydrogen-bond donors (Lipinski definition) is 4. The van der Waals surface area contributed by atoms with Crippen molar-refractivity contribution < 1.29 is 9.59 Å². The molecule has 202 valence electrons. The molecule has 2 aliphatic carbocycles. The number of piperidine rings is 1. The molecule has 2 amide bonds. The molecule has 2 aromatic rings. The van der Waals surface area contributed by atoms with E-state index < -0.39 is 5.41 Å². The summed E-state index contributed by atoms with van der Waals surface area (Å²) in [5, 5.41) is 19.2. The maximum absolute atomic E-state index is 13.1. The van der Waals surface area contributed by atoms with E-state index in [1.54, 1.807) is 35.2 Å². The molecule has 12 heteroatoms. The SMILES string of the molecule is C[C@H]1C2CC(C#N)N(C(=O)CNCCC3(/C(N)=N/NN)c4ccsc4CCc4sc(C(=O)N(C)C)cc43)C21. The normalized spacial score (nSPS) is 27.6. The van der Waals surface area contributed by atoms with Crippen LogP contribution >= 0.6 is 22.7 Å². The van der Waals surface area contributed by atoms with Crippen LogP contribution in [0.5, 0.6) is 0 Å². The minimum Gasteiger partial charge on any atom is -0.385 e. The summed E-state index contributed by atoms with van der Waals surface area (Å²) in [5.41, 5.74) is 10.3. The van der Waals surface area contributed by atoms with E-state index in [-0.39, 0.29) is 30.4 Å². The first-order chi connectivity index (χ1) is 18.2. The maximum Gasteiger partial charge on any atom is 0.263 e. The van der Waals surface area contributed by atoms with E-state index in [1.807, 2.05) is 6.07 Å². The lowest BCUT2D eigenvalue weighted by Gasteiger charge is -2.34. The van der Waals surface area contributed by atoms with Gasteiger partial charge in [0.2, 0.25) is 5.91 Å². The van der Waals surface area contributed by atoms with Crippen molar-refractivity contribution in [3.63, 3.8) is 0 Å². The van der Waals surface area contributed by atoms with Gasteiger partial charge in [0, 0.05) is 29.9 Å². The zero-order valence-corrected chi connectivity index (χ0v) is 23.5. The van der Waals surface area contributed by atoms with E-state index in [1.165, 1.54) is 16.2 Å². The van der Waals surface area contributed by atoms with Crippen LogP contribution in [0.1, 0.15) is 50.3 Å². The number of hydrazone groups is 1. The quantitative estimate of drug-likeness (QED) is 0.126. The Balaban J connectivity index is 1.43. The van der Waals surface area contributed by atoms with Crippen molar-refractivity contribution in [2.24, 2.45) is 28.5 Å². The molecule has 1 saturated heterocycles. The van der Waals surface area contributed by atoms with Gasteiger partial charge in [-0.2, -0.15) is 10.4 Å². The third-order valence-corrected chi connectivity index (χ3v) is 10.5. The predicted molar refractivity (Wildman–Crippen MR) is 149 cm³/mol. The third kappa shape index (κ3) is 4.27. The van der Waals surface area contributed by atoms with Gasteiger partial charge in [0.05, 0.1) is 22.9 Å². The Morgan fingerprint density at radius 2 is 2.08 bits per heavy atom. The first kappa shape index (κ1) is 26.6. The van der Waals surface area contributed by atoms with E-state index in [9.17, 15) is 14.9 Å². The lowest BCUT2D eigenvalue weighted by molar-refractivity contribution is -0.131. The van der Waals surface area contributed by atoms with Crippen molar-refractivity contribution >= 4 is 40.3 Å². The molecular weight excluding hydrogens is 520 g/mol. The molecule has 2 aromatic heterocycles. The topological polar surface area (TPSA) is 153 Å². The number of hydrazine groups is 1. The van der Waals surface area contributed by atoms with Gasteiger partial charge in [0.15, 0.2) is 0 Å². The summed E-state index contributed by atoms with van der Waals surface area (Å²) in [7, 11) is 3.49. The lowest BCUT2D eigenvalue weighted by Crippen LogP contribution is -2.47. The molecule has 5 rings (SSSR count). The number of nitrogens with zero attached hydrogens (tertiary/aromatic N) is 4. The summed E-state index contributed by atoms with van der Waals surface area (Å²) in [6.45, 7) is 2.77. The van der Waals surface area contributed by atoms with E-state index >= 15 is 0 Å².